The SMILES string of the molecule is C[SiH](C)C(F)(F)C(F)(F)C(F)(F)F.F. The summed E-state index contributed by atoms with van der Waals surface area (Å²) in [4.78, 5) is 0. The summed E-state index contributed by atoms with van der Waals surface area (Å²) < 4.78 is 83.5. The molecule has 0 rings (SSSR count). The lowest BCUT2D eigenvalue weighted by molar-refractivity contribution is -0.334. The zero-order valence-corrected chi connectivity index (χ0v) is 8.29. The van der Waals surface area contributed by atoms with Crippen LogP contribution in [0.5, 0.6) is 0 Å². The van der Waals surface area contributed by atoms with Crippen LogP contribution in [0.1, 0.15) is 0 Å². The van der Waals surface area contributed by atoms with Crippen LogP contribution in [0.2, 0.25) is 13.1 Å². The summed E-state index contributed by atoms with van der Waals surface area (Å²) in [5.74, 6) is -5.92. The van der Waals surface area contributed by atoms with Gasteiger partial charge in [-0.3, -0.25) is 4.70 Å². The summed E-state index contributed by atoms with van der Waals surface area (Å²) in [5.41, 5.74) is -4.94. The Bertz CT molecular complexity index is 183. The van der Waals surface area contributed by atoms with Gasteiger partial charge < -0.3 is 0 Å². The average Bonchev–Trinajstić information content (AvgIpc) is 1.84. The van der Waals surface area contributed by atoms with Crippen molar-refractivity contribution in [3.63, 3.8) is 0 Å². The topological polar surface area (TPSA) is 0 Å². The molecule has 0 aliphatic heterocycles. The number of alkyl halides is 7. The molecular formula is C5H8F8Si. The quantitative estimate of drug-likeness (QED) is 0.520. The molecule has 0 N–H and O–H groups in total. The third-order valence-corrected chi connectivity index (χ3v) is 3.31. The first-order chi connectivity index (χ1) is 5.44. The first-order valence-corrected chi connectivity index (χ1v) is 6.15. The van der Waals surface area contributed by atoms with E-state index in [0.717, 1.165) is 13.1 Å². The fraction of sp³-hybridized carbons (Fsp3) is 1.00. The Hall–Kier alpha value is -0.343. The largest absolute Gasteiger partial charge is 0.459 e. The Balaban J connectivity index is 0. The van der Waals surface area contributed by atoms with E-state index < -0.39 is 26.4 Å². The van der Waals surface area contributed by atoms with E-state index >= 15 is 0 Å². The Morgan fingerprint density at radius 2 is 1.07 bits per heavy atom. The van der Waals surface area contributed by atoms with E-state index in [-0.39, 0.29) is 4.70 Å². The van der Waals surface area contributed by atoms with E-state index in [1.807, 2.05) is 0 Å². The van der Waals surface area contributed by atoms with Crippen molar-refractivity contribution >= 4 is 8.80 Å². The molecule has 9 heteroatoms. The number of rotatable bonds is 2. The van der Waals surface area contributed by atoms with Gasteiger partial charge in [0.2, 0.25) is 0 Å². The molecule has 0 aromatic rings. The van der Waals surface area contributed by atoms with Gasteiger partial charge in [-0.2, -0.15) is 22.0 Å². The van der Waals surface area contributed by atoms with Crippen molar-refractivity contribution in [2.45, 2.75) is 30.7 Å². The molecule has 0 radical (unpaired) electrons. The molecule has 0 atom stereocenters. The van der Waals surface area contributed by atoms with Crippen molar-refractivity contribution in [3.05, 3.63) is 0 Å². The van der Waals surface area contributed by atoms with Crippen LogP contribution < -0.4 is 0 Å². The van der Waals surface area contributed by atoms with Gasteiger partial charge in [0.05, 0.1) is 0 Å². The molecule has 88 valence electrons. The fourth-order valence-corrected chi connectivity index (χ4v) is 1.44. The molecule has 0 bridgehead atoms. The zero-order chi connectivity index (χ0) is 11.1. The van der Waals surface area contributed by atoms with Crippen molar-refractivity contribution in [3.8, 4) is 0 Å². The fourth-order valence-electron chi connectivity index (χ4n) is 0.552. The van der Waals surface area contributed by atoms with Gasteiger partial charge >= 0.3 is 12.1 Å². The highest BCUT2D eigenvalue weighted by molar-refractivity contribution is 6.58. The first kappa shape index (κ1) is 16.1. The van der Waals surface area contributed by atoms with Crippen molar-refractivity contribution in [2.24, 2.45) is 0 Å². The minimum atomic E-state index is -6.19. The van der Waals surface area contributed by atoms with Crippen LogP contribution >= 0.6 is 0 Å². The van der Waals surface area contributed by atoms with Crippen LogP contribution in [0.15, 0.2) is 0 Å². The molecule has 0 aromatic carbocycles. The molecule has 0 unspecified atom stereocenters. The smallest absolute Gasteiger partial charge is 0.269 e. The van der Waals surface area contributed by atoms with E-state index in [4.69, 9.17) is 0 Å². The molecule has 0 nitrogen and oxygen atoms in total. The van der Waals surface area contributed by atoms with Crippen molar-refractivity contribution in [1.29, 1.82) is 0 Å². The van der Waals surface area contributed by atoms with Crippen LogP contribution in [-0.4, -0.2) is 26.4 Å². The van der Waals surface area contributed by atoms with Crippen LogP contribution in [0.4, 0.5) is 35.4 Å². The van der Waals surface area contributed by atoms with Crippen LogP contribution in [0.3, 0.4) is 0 Å². The summed E-state index contributed by atoms with van der Waals surface area (Å²) in [5, 5.41) is 0. The minimum absolute atomic E-state index is 0. The van der Waals surface area contributed by atoms with Gasteiger partial charge in [0, 0.05) is 0 Å². The Morgan fingerprint density at radius 1 is 0.786 bits per heavy atom. The lowest BCUT2D eigenvalue weighted by Crippen LogP contribution is -2.57. The predicted molar refractivity (Wildman–Crippen MR) is 37.3 cm³/mol. The van der Waals surface area contributed by atoms with Gasteiger partial charge in [-0.1, -0.05) is 13.1 Å². The summed E-state index contributed by atoms with van der Waals surface area (Å²) in [7, 11) is -3.41. The van der Waals surface area contributed by atoms with E-state index in [9.17, 15) is 30.7 Å². The van der Waals surface area contributed by atoms with E-state index in [1.165, 1.54) is 0 Å². The predicted octanol–water partition coefficient (Wildman–Crippen LogP) is 3.00. The minimum Gasteiger partial charge on any atom is -0.269 e. The standard InChI is InChI=1S/C5H7F7Si.FH/c1-13(2)5(11,12)3(6,7)4(8,9)10;/h13H,1-2H3;1H. The van der Waals surface area contributed by atoms with Crippen LogP contribution in [-0.2, 0) is 0 Å². The molecular weight excluding hydrogens is 240 g/mol. The maximum absolute atomic E-state index is 12.4. The van der Waals surface area contributed by atoms with Gasteiger partial charge in [0.1, 0.15) is 8.80 Å². The lowest BCUT2D eigenvalue weighted by atomic mass is 10.3. The Kier molecular flexibility index (Phi) is 4.64. The summed E-state index contributed by atoms with van der Waals surface area (Å²) in [6.45, 7) is 1.47. The van der Waals surface area contributed by atoms with Gasteiger partial charge in [-0.15, -0.1) is 0 Å². The third-order valence-electron chi connectivity index (χ3n) is 1.50. The van der Waals surface area contributed by atoms with Gasteiger partial charge in [0.25, 0.3) is 5.55 Å². The number of hydrogen-bond acceptors (Lipinski definition) is 0. The van der Waals surface area contributed by atoms with Crippen LogP contribution in [0, 0.1) is 0 Å². The van der Waals surface area contributed by atoms with Crippen molar-refractivity contribution in [2.75, 3.05) is 0 Å². The van der Waals surface area contributed by atoms with Crippen molar-refractivity contribution < 1.29 is 35.4 Å². The summed E-state index contributed by atoms with van der Waals surface area (Å²) in [6.07, 6.45) is -6.19. The normalized spacial score (nSPS) is 14.1. The monoisotopic (exact) mass is 248 g/mol. The lowest BCUT2D eigenvalue weighted by Gasteiger charge is -2.30. The zero-order valence-electron chi connectivity index (χ0n) is 7.13. The summed E-state index contributed by atoms with van der Waals surface area (Å²) in [6, 6.07) is 0. The maximum atomic E-state index is 12.4. The molecule has 0 aromatic heterocycles. The molecule has 0 saturated carbocycles. The molecule has 0 heterocycles. The van der Waals surface area contributed by atoms with Crippen LogP contribution in [0.25, 0.3) is 0 Å². The van der Waals surface area contributed by atoms with Gasteiger partial charge in [-0.25, -0.2) is 8.78 Å². The molecule has 14 heavy (non-hydrogen) atoms. The second kappa shape index (κ2) is 4.03. The second-order valence-corrected chi connectivity index (χ2v) is 5.88. The van der Waals surface area contributed by atoms with Gasteiger partial charge in [0.15, 0.2) is 0 Å². The van der Waals surface area contributed by atoms with E-state index in [0.29, 0.717) is 0 Å². The molecule has 0 spiro atoms. The first-order valence-electron chi connectivity index (χ1n) is 3.27. The molecule has 0 amide bonds. The molecule has 0 saturated heterocycles. The molecule has 0 fully saturated rings. The second-order valence-electron chi connectivity index (χ2n) is 2.85. The Morgan fingerprint density at radius 3 is 1.14 bits per heavy atom. The number of halogens is 8. The highest BCUT2D eigenvalue weighted by Crippen LogP contribution is 2.47. The third kappa shape index (κ3) is 2.37. The highest BCUT2D eigenvalue weighted by Gasteiger charge is 2.73. The van der Waals surface area contributed by atoms with E-state index in [1.54, 1.807) is 0 Å². The summed E-state index contributed by atoms with van der Waals surface area (Å²) >= 11 is 0. The number of hydrogen-bond donors (Lipinski definition) is 0. The highest BCUT2D eigenvalue weighted by atomic mass is 28.3. The van der Waals surface area contributed by atoms with Crippen molar-refractivity contribution in [1.82, 2.24) is 0 Å². The molecule has 0 aliphatic rings. The average molecular weight is 248 g/mol. The van der Waals surface area contributed by atoms with Gasteiger partial charge in [-0.05, 0) is 0 Å². The Labute approximate surface area is 76.1 Å². The molecule has 0 aliphatic carbocycles. The van der Waals surface area contributed by atoms with E-state index in [2.05, 4.69) is 0 Å². The maximum Gasteiger partial charge on any atom is 0.459 e.